The van der Waals surface area contributed by atoms with Gasteiger partial charge in [0.2, 0.25) is 0 Å². The molecule has 3 rings (SSSR count). The van der Waals surface area contributed by atoms with Gasteiger partial charge in [0, 0.05) is 35.6 Å². The maximum absolute atomic E-state index is 4.59. The Morgan fingerprint density at radius 1 is 1.43 bits per heavy atom. The normalized spacial score (nSPS) is 24.1. The zero-order valence-corrected chi connectivity index (χ0v) is 14.3. The van der Waals surface area contributed by atoms with Crippen LogP contribution < -0.4 is 5.32 Å². The van der Waals surface area contributed by atoms with Crippen LogP contribution >= 0.6 is 23.1 Å². The van der Waals surface area contributed by atoms with Crippen molar-refractivity contribution in [2.75, 3.05) is 6.26 Å². The van der Waals surface area contributed by atoms with E-state index in [0.717, 1.165) is 11.1 Å². The van der Waals surface area contributed by atoms with Gasteiger partial charge in [-0.2, -0.15) is 11.8 Å². The molecule has 114 valence electrons. The topological polar surface area (TPSA) is 29.9 Å². The molecule has 1 aliphatic carbocycles. The van der Waals surface area contributed by atoms with Crippen molar-refractivity contribution < 1.29 is 0 Å². The highest BCUT2D eigenvalue weighted by Gasteiger charge is 2.29. The van der Waals surface area contributed by atoms with Crippen molar-refractivity contribution in [2.24, 2.45) is 7.05 Å². The van der Waals surface area contributed by atoms with Crippen LogP contribution in [-0.4, -0.2) is 27.1 Å². The van der Waals surface area contributed by atoms with E-state index in [1.165, 1.54) is 30.6 Å². The average Bonchev–Trinajstić information content (AvgIpc) is 3.17. The molecule has 5 heteroatoms. The second kappa shape index (κ2) is 6.99. The molecule has 1 N–H and O–H groups in total. The van der Waals surface area contributed by atoms with Crippen molar-refractivity contribution in [3.63, 3.8) is 0 Å². The molecule has 2 aromatic heterocycles. The maximum atomic E-state index is 4.59. The molecule has 3 atom stereocenters. The van der Waals surface area contributed by atoms with Crippen LogP contribution in [0.5, 0.6) is 0 Å². The SMILES string of the molecule is CSC1CCCCC1NC(c1cccs1)c1nccn1C. The zero-order chi connectivity index (χ0) is 14.7. The van der Waals surface area contributed by atoms with Crippen LogP contribution in [0.2, 0.25) is 0 Å². The summed E-state index contributed by atoms with van der Waals surface area (Å²) in [5.41, 5.74) is 0. The summed E-state index contributed by atoms with van der Waals surface area (Å²) in [4.78, 5) is 5.95. The lowest BCUT2D eigenvalue weighted by molar-refractivity contribution is 0.359. The molecular formula is C16H23N3S2. The third-order valence-corrected chi connectivity index (χ3v) is 6.44. The quantitative estimate of drug-likeness (QED) is 0.907. The number of thioether (sulfide) groups is 1. The average molecular weight is 322 g/mol. The van der Waals surface area contributed by atoms with E-state index in [4.69, 9.17) is 0 Å². The fourth-order valence-electron chi connectivity index (χ4n) is 3.18. The van der Waals surface area contributed by atoms with E-state index in [2.05, 4.69) is 45.7 Å². The van der Waals surface area contributed by atoms with E-state index in [9.17, 15) is 0 Å². The third-order valence-electron chi connectivity index (χ3n) is 4.33. The Bertz CT molecular complexity index is 550. The van der Waals surface area contributed by atoms with Gasteiger partial charge in [-0.3, -0.25) is 5.32 Å². The Balaban J connectivity index is 1.84. The van der Waals surface area contributed by atoms with Crippen LogP contribution in [0.1, 0.15) is 42.4 Å². The molecule has 0 saturated heterocycles. The Morgan fingerprint density at radius 2 is 2.29 bits per heavy atom. The molecule has 1 fully saturated rings. The minimum absolute atomic E-state index is 0.211. The van der Waals surface area contributed by atoms with Crippen molar-refractivity contribution in [3.05, 3.63) is 40.6 Å². The van der Waals surface area contributed by atoms with Crippen molar-refractivity contribution in [1.29, 1.82) is 0 Å². The predicted octanol–water partition coefficient (Wildman–Crippen LogP) is 3.83. The van der Waals surface area contributed by atoms with Gasteiger partial charge in [-0.05, 0) is 30.5 Å². The van der Waals surface area contributed by atoms with Crippen molar-refractivity contribution in [2.45, 2.75) is 43.0 Å². The van der Waals surface area contributed by atoms with Gasteiger partial charge < -0.3 is 4.57 Å². The standard InChI is InChI=1S/C16H23N3S2/c1-19-10-9-17-16(19)15(14-8-5-11-21-14)18-12-6-3-4-7-13(12)20-2/h5,8-13,15,18H,3-4,6-7H2,1-2H3. The monoisotopic (exact) mass is 321 g/mol. The van der Waals surface area contributed by atoms with E-state index in [0.29, 0.717) is 6.04 Å². The minimum Gasteiger partial charge on any atom is -0.336 e. The molecular weight excluding hydrogens is 298 g/mol. The first-order valence-corrected chi connectivity index (χ1v) is 9.76. The number of hydrogen-bond donors (Lipinski definition) is 1. The zero-order valence-electron chi connectivity index (χ0n) is 12.7. The molecule has 0 amide bonds. The third kappa shape index (κ3) is 3.35. The van der Waals surface area contributed by atoms with Crippen LogP contribution in [0, 0.1) is 0 Å². The first-order chi connectivity index (χ1) is 10.3. The second-order valence-corrected chi connectivity index (χ2v) is 7.73. The molecule has 2 aromatic rings. The molecule has 21 heavy (non-hydrogen) atoms. The van der Waals surface area contributed by atoms with Crippen LogP contribution in [0.25, 0.3) is 0 Å². The highest BCUT2D eigenvalue weighted by Crippen LogP contribution is 2.31. The van der Waals surface area contributed by atoms with Crippen LogP contribution in [0.4, 0.5) is 0 Å². The van der Waals surface area contributed by atoms with Gasteiger partial charge in [0.15, 0.2) is 0 Å². The minimum atomic E-state index is 0.211. The predicted molar refractivity (Wildman–Crippen MR) is 92.1 cm³/mol. The summed E-state index contributed by atoms with van der Waals surface area (Å²) in [6, 6.07) is 5.14. The molecule has 0 bridgehead atoms. The molecule has 0 aliphatic heterocycles. The summed E-state index contributed by atoms with van der Waals surface area (Å²) < 4.78 is 2.13. The summed E-state index contributed by atoms with van der Waals surface area (Å²) in [5, 5.41) is 6.79. The van der Waals surface area contributed by atoms with Crippen molar-refractivity contribution in [1.82, 2.24) is 14.9 Å². The molecule has 1 saturated carbocycles. The van der Waals surface area contributed by atoms with E-state index in [1.807, 2.05) is 35.5 Å². The van der Waals surface area contributed by atoms with Crippen LogP contribution in [0.3, 0.4) is 0 Å². The first-order valence-electron chi connectivity index (χ1n) is 7.59. The van der Waals surface area contributed by atoms with Gasteiger partial charge in [0.25, 0.3) is 0 Å². The summed E-state index contributed by atoms with van der Waals surface area (Å²) >= 11 is 3.82. The van der Waals surface area contributed by atoms with Gasteiger partial charge in [-0.15, -0.1) is 11.3 Å². The van der Waals surface area contributed by atoms with Gasteiger partial charge in [-0.1, -0.05) is 18.9 Å². The molecule has 3 unspecified atom stereocenters. The van der Waals surface area contributed by atoms with E-state index >= 15 is 0 Å². The Kier molecular flexibility index (Phi) is 5.03. The fourth-order valence-corrected chi connectivity index (χ4v) is 4.90. The lowest BCUT2D eigenvalue weighted by Crippen LogP contribution is -2.43. The molecule has 3 nitrogen and oxygen atoms in total. The highest BCUT2D eigenvalue weighted by atomic mass is 32.2. The van der Waals surface area contributed by atoms with Crippen LogP contribution in [-0.2, 0) is 7.05 Å². The van der Waals surface area contributed by atoms with Crippen LogP contribution in [0.15, 0.2) is 29.9 Å². The van der Waals surface area contributed by atoms with E-state index < -0.39 is 0 Å². The highest BCUT2D eigenvalue weighted by molar-refractivity contribution is 7.99. The number of aromatic nitrogens is 2. The Hall–Kier alpha value is -0.780. The lowest BCUT2D eigenvalue weighted by Gasteiger charge is -2.34. The summed E-state index contributed by atoms with van der Waals surface area (Å²) in [5.74, 6) is 1.11. The van der Waals surface area contributed by atoms with Gasteiger partial charge in [0.1, 0.15) is 11.9 Å². The maximum Gasteiger partial charge on any atom is 0.131 e. The van der Waals surface area contributed by atoms with E-state index in [1.54, 1.807) is 0 Å². The molecule has 0 spiro atoms. The summed E-state index contributed by atoms with van der Waals surface area (Å²) in [6.07, 6.45) is 11.5. The number of imidazole rings is 1. The van der Waals surface area contributed by atoms with Gasteiger partial charge in [0.05, 0.1) is 0 Å². The van der Waals surface area contributed by atoms with Crippen molar-refractivity contribution in [3.8, 4) is 0 Å². The van der Waals surface area contributed by atoms with E-state index in [-0.39, 0.29) is 6.04 Å². The summed E-state index contributed by atoms with van der Waals surface area (Å²) in [6.45, 7) is 0. The lowest BCUT2D eigenvalue weighted by atomic mass is 9.94. The second-order valence-electron chi connectivity index (χ2n) is 5.68. The number of nitrogens with zero attached hydrogens (tertiary/aromatic N) is 2. The fraction of sp³-hybridized carbons (Fsp3) is 0.562. The number of aryl methyl sites for hydroxylation is 1. The summed E-state index contributed by atoms with van der Waals surface area (Å²) in [7, 11) is 2.08. The molecule has 0 radical (unpaired) electrons. The van der Waals surface area contributed by atoms with Gasteiger partial charge in [-0.25, -0.2) is 4.98 Å². The smallest absolute Gasteiger partial charge is 0.131 e. The first kappa shape index (κ1) is 15.1. The molecule has 2 heterocycles. The molecule has 0 aromatic carbocycles. The van der Waals surface area contributed by atoms with Crippen molar-refractivity contribution >= 4 is 23.1 Å². The Morgan fingerprint density at radius 3 is 2.95 bits per heavy atom. The largest absolute Gasteiger partial charge is 0.336 e. The number of hydrogen-bond acceptors (Lipinski definition) is 4. The van der Waals surface area contributed by atoms with Gasteiger partial charge >= 0.3 is 0 Å². The number of rotatable bonds is 5. The molecule has 1 aliphatic rings. The number of thiophene rings is 1. The number of nitrogens with one attached hydrogen (secondary N) is 1. The Labute approximate surface area is 135 Å².